The summed E-state index contributed by atoms with van der Waals surface area (Å²) in [4.78, 5) is 67.7. The Morgan fingerprint density at radius 3 is 2.42 bits per heavy atom. The molecule has 20 heteroatoms. The number of nitrogens with zero attached hydrogens (tertiary/aromatic N) is 3. The van der Waals surface area contributed by atoms with Gasteiger partial charge in [0.1, 0.15) is 47.0 Å². The van der Waals surface area contributed by atoms with E-state index in [1.54, 1.807) is 58.2 Å². The number of rotatable bonds is 16. The molecule has 5 atom stereocenters. The van der Waals surface area contributed by atoms with E-state index in [1.165, 1.54) is 40.5 Å². The first kappa shape index (κ1) is 47.3. The van der Waals surface area contributed by atoms with Crippen LogP contribution in [0.4, 0.5) is 9.93 Å². The maximum atomic E-state index is 14.9. The summed E-state index contributed by atoms with van der Waals surface area (Å²) in [5.41, 5.74) is -0.966. The third kappa shape index (κ3) is 10.9. The third-order valence-electron chi connectivity index (χ3n) is 11.6. The molecule has 65 heavy (non-hydrogen) atoms. The van der Waals surface area contributed by atoms with Crippen LogP contribution in [0.3, 0.4) is 0 Å². The number of ether oxygens (including phenoxy) is 3. The van der Waals surface area contributed by atoms with Crippen LogP contribution in [0, 0.1) is 11.3 Å². The average molecular weight is 953 g/mol. The molecule has 0 spiro atoms. The summed E-state index contributed by atoms with van der Waals surface area (Å²) in [6.45, 7) is 13.1. The number of anilines is 1. The normalized spacial score (nSPS) is 21.4. The van der Waals surface area contributed by atoms with Crippen molar-refractivity contribution in [2.75, 3.05) is 19.0 Å². The van der Waals surface area contributed by atoms with Gasteiger partial charge in [-0.05, 0) is 75.6 Å². The Hall–Kier alpha value is -5.66. The number of alkyl carbamates (subject to hydrolysis) is 1. The molecule has 3 heterocycles. The van der Waals surface area contributed by atoms with E-state index in [2.05, 4.69) is 22.5 Å². The van der Waals surface area contributed by atoms with E-state index in [0.717, 1.165) is 25.7 Å². The first-order valence-electron chi connectivity index (χ1n) is 21.4. The number of hydrogen-bond donors (Lipinski definition) is 4. The van der Waals surface area contributed by atoms with Gasteiger partial charge in [0.15, 0.2) is 10.9 Å². The molecule has 1 unspecified atom stereocenters. The Morgan fingerprint density at radius 1 is 1.02 bits per heavy atom. The number of para-hydroxylation sites is 1. The van der Waals surface area contributed by atoms with Crippen molar-refractivity contribution < 1.29 is 46.0 Å². The van der Waals surface area contributed by atoms with E-state index in [4.69, 9.17) is 40.0 Å². The van der Waals surface area contributed by atoms with Gasteiger partial charge in [-0.2, -0.15) is 8.42 Å². The topological polar surface area (TPSA) is 216 Å². The van der Waals surface area contributed by atoms with E-state index in [1.807, 2.05) is 23.9 Å². The largest absolute Gasteiger partial charge is 0.497 e. The van der Waals surface area contributed by atoms with Crippen molar-refractivity contribution in [2.45, 2.75) is 109 Å². The fourth-order valence-corrected chi connectivity index (χ4v) is 10.0. The molecule has 4 amide bonds. The molecule has 2 saturated carbocycles. The minimum absolute atomic E-state index is 0.00624. The number of hydrogen-bond acceptors (Lipinski definition) is 14. The zero-order valence-electron chi connectivity index (χ0n) is 37.0. The monoisotopic (exact) mass is 951 g/mol. The van der Waals surface area contributed by atoms with Crippen LogP contribution in [0.5, 0.6) is 17.2 Å². The van der Waals surface area contributed by atoms with Crippen molar-refractivity contribution in [3.8, 4) is 28.6 Å². The zero-order valence-corrected chi connectivity index (χ0v) is 39.4. The van der Waals surface area contributed by atoms with Crippen LogP contribution in [-0.2, 0) is 29.4 Å². The van der Waals surface area contributed by atoms with E-state index in [-0.39, 0.29) is 42.3 Å². The molecule has 17 nitrogen and oxygen atoms in total. The average Bonchev–Trinajstić information content (AvgIpc) is 3.65. The second-order valence-electron chi connectivity index (χ2n) is 17.9. The Labute approximate surface area is 387 Å². The van der Waals surface area contributed by atoms with Gasteiger partial charge in [0.25, 0.3) is 5.91 Å². The van der Waals surface area contributed by atoms with Crippen molar-refractivity contribution in [1.82, 2.24) is 30.2 Å². The molecule has 1 aliphatic heterocycles. The van der Waals surface area contributed by atoms with Crippen LogP contribution < -0.4 is 34.3 Å². The van der Waals surface area contributed by atoms with Gasteiger partial charge >= 0.3 is 16.4 Å². The Kier molecular flexibility index (Phi) is 13.9. The van der Waals surface area contributed by atoms with Crippen LogP contribution in [0.2, 0.25) is 5.02 Å². The highest BCUT2D eigenvalue weighted by Gasteiger charge is 2.62. The summed E-state index contributed by atoms with van der Waals surface area (Å²) in [5, 5.41) is 12.1. The van der Waals surface area contributed by atoms with E-state index in [0.29, 0.717) is 38.9 Å². The number of fused-ring (bicyclic) bond motifs is 1. The van der Waals surface area contributed by atoms with Gasteiger partial charge in [-0.25, -0.2) is 19.5 Å². The first-order valence-corrected chi connectivity index (χ1v) is 24.1. The van der Waals surface area contributed by atoms with Crippen molar-refractivity contribution in [2.24, 2.45) is 11.3 Å². The standard InChI is InChI=1S/C45H54ClN7O10S2/c1-8-26-22-45(26,41(56)52-65(58,59)63-36-16-12-11-15-31(36)46)51-39(54)35-20-29(23-53(35)40(55)38(44(4,5)6)50-43(57)62-27-13-9-10-14-27)61-37-21-33(34-24-64-42(49-34)47-25(2)3)48-32-19-28(60-7)17-18-30(32)37/h8,11-12,15-19,21,24-27,29,35,38H,1,9-10,13-14,20,22-23H2,2-7H3,(H,47,49)(H,50,57)(H,51,54)(H,52,56)/t26?,29-,35+,38-,45-/m1/s1. The van der Waals surface area contributed by atoms with Crippen LogP contribution >= 0.6 is 22.9 Å². The van der Waals surface area contributed by atoms with E-state index < -0.39 is 69.2 Å². The van der Waals surface area contributed by atoms with Crippen LogP contribution in [-0.4, -0.2) is 96.6 Å². The van der Waals surface area contributed by atoms with Gasteiger partial charge in [-0.1, -0.05) is 50.6 Å². The van der Waals surface area contributed by atoms with Gasteiger partial charge in [-0.3, -0.25) is 14.4 Å². The molecule has 2 aromatic heterocycles. The summed E-state index contributed by atoms with van der Waals surface area (Å²) in [7, 11) is -3.23. The van der Waals surface area contributed by atoms with Crippen LogP contribution in [0.15, 0.2) is 66.6 Å². The third-order valence-corrected chi connectivity index (χ3v) is 13.5. The molecular formula is C45H54ClN7O10S2. The van der Waals surface area contributed by atoms with Gasteiger partial charge in [-0.15, -0.1) is 17.9 Å². The number of methoxy groups -OCH3 is 1. The van der Waals surface area contributed by atoms with Crippen molar-refractivity contribution in [1.29, 1.82) is 0 Å². The predicted octanol–water partition coefficient (Wildman–Crippen LogP) is 6.77. The molecule has 1 saturated heterocycles. The molecule has 4 aromatic rings. The molecule has 348 valence electrons. The maximum absolute atomic E-state index is 14.9. The fourth-order valence-electron chi connectivity index (χ4n) is 8.11. The van der Waals surface area contributed by atoms with E-state index >= 15 is 0 Å². The second-order valence-corrected chi connectivity index (χ2v) is 20.4. The van der Waals surface area contributed by atoms with Gasteiger partial charge < -0.3 is 39.2 Å². The molecule has 2 aliphatic carbocycles. The highest BCUT2D eigenvalue weighted by Crippen LogP contribution is 2.45. The number of halogens is 1. The molecule has 3 aliphatic rings. The number of nitrogens with one attached hydrogen (secondary N) is 4. The number of amides is 4. The van der Waals surface area contributed by atoms with Gasteiger partial charge in [0, 0.05) is 41.3 Å². The summed E-state index contributed by atoms with van der Waals surface area (Å²) < 4.78 is 51.1. The highest BCUT2D eigenvalue weighted by molar-refractivity contribution is 7.85. The molecule has 4 N–H and O–H groups in total. The SMILES string of the molecule is C=CC1C[C@]1(NC(=O)[C@@H]1C[C@@H](Oc2cc(-c3csc(NC(C)C)n3)nc3cc(OC)ccc23)CN1C(=O)[C@@H](NC(=O)OC1CCCC1)C(C)(C)C)C(=O)NS(=O)(=O)Oc1ccccc1Cl. The quantitative estimate of drug-likeness (QED) is 0.0854. The van der Waals surface area contributed by atoms with Gasteiger partial charge in [0.2, 0.25) is 11.8 Å². The maximum Gasteiger partial charge on any atom is 0.409 e. The molecule has 3 fully saturated rings. The fraction of sp³-hybridized carbons (Fsp3) is 0.467. The lowest BCUT2D eigenvalue weighted by atomic mass is 9.85. The Bertz CT molecular complexity index is 2580. The lowest BCUT2D eigenvalue weighted by Crippen LogP contribution is -2.60. The highest BCUT2D eigenvalue weighted by atomic mass is 35.5. The molecule has 0 bridgehead atoms. The van der Waals surface area contributed by atoms with E-state index in [9.17, 15) is 27.6 Å². The van der Waals surface area contributed by atoms with Crippen LogP contribution in [0.25, 0.3) is 22.3 Å². The molecular weight excluding hydrogens is 898 g/mol. The lowest BCUT2D eigenvalue weighted by molar-refractivity contribution is -0.143. The number of carbonyl (C=O) groups excluding carboxylic acids is 4. The molecule has 0 radical (unpaired) electrons. The van der Waals surface area contributed by atoms with Crippen LogP contribution in [0.1, 0.15) is 73.1 Å². The number of benzene rings is 2. The number of thiazole rings is 1. The first-order chi connectivity index (χ1) is 30.8. The molecule has 2 aromatic carbocycles. The minimum Gasteiger partial charge on any atom is -0.497 e. The van der Waals surface area contributed by atoms with Crippen molar-refractivity contribution >= 4 is 73.1 Å². The zero-order chi connectivity index (χ0) is 46.8. The number of carbonyl (C=O) groups is 4. The second kappa shape index (κ2) is 19.1. The van der Waals surface area contributed by atoms with Crippen molar-refractivity contribution in [3.63, 3.8) is 0 Å². The summed E-state index contributed by atoms with van der Waals surface area (Å²) in [5.74, 6) is -2.34. The Morgan fingerprint density at radius 2 is 1.75 bits per heavy atom. The summed E-state index contributed by atoms with van der Waals surface area (Å²) >= 11 is 7.54. The minimum atomic E-state index is -4.78. The predicted molar refractivity (Wildman–Crippen MR) is 246 cm³/mol. The number of aromatic nitrogens is 2. The number of likely N-dealkylation sites (tertiary alicyclic amines) is 1. The summed E-state index contributed by atoms with van der Waals surface area (Å²) in [6, 6.07) is 10.7. The van der Waals surface area contributed by atoms with Gasteiger partial charge in [0.05, 0.1) is 29.9 Å². The lowest BCUT2D eigenvalue weighted by Gasteiger charge is -2.35. The number of pyridine rings is 1. The van der Waals surface area contributed by atoms with Crippen molar-refractivity contribution in [3.05, 3.63) is 71.6 Å². The smallest absolute Gasteiger partial charge is 0.409 e. The Balaban J connectivity index is 1.20. The summed E-state index contributed by atoms with van der Waals surface area (Å²) in [6.07, 6.45) is 2.87. The molecule has 7 rings (SSSR count).